The van der Waals surface area contributed by atoms with Crippen molar-refractivity contribution in [2.24, 2.45) is 12.8 Å². The molecule has 0 unspecified atom stereocenters. The minimum absolute atomic E-state index is 0.484. The van der Waals surface area contributed by atoms with Crippen LogP contribution in [0.3, 0.4) is 0 Å². The van der Waals surface area contributed by atoms with Crippen LogP contribution in [0, 0.1) is 6.92 Å². The summed E-state index contributed by atoms with van der Waals surface area (Å²) in [5.74, 6) is 1.02. The Hall–Kier alpha value is -1.07. The van der Waals surface area contributed by atoms with Gasteiger partial charge in [-0.25, -0.2) is 0 Å². The predicted octanol–water partition coefficient (Wildman–Crippen LogP) is 0.929. The molecule has 0 atom stereocenters. The number of aliphatic hydroxyl groups is 1. The fourth-order valence-corrected chi connectivity index (χ4v) is 3.11. The molecule has 102 valence electrons. The number of nitrogens with zero attached hydrogens (tertiary/aromatic N) is 3. The maximum Gasteiger partial charge on any atom is 0.131 e. The van der Waals surface area contributed by atoms with Gasteiger partial charge in [-0.1, -0.05) is 12.8 Å². The van der Waals surface area contributed by atoms with Crippen molar-refractivity contribution in [3.05, 3.63) is 11.3 Å². The topological polar surface area (TPSA) is 67.3 Å². The zero-order chi connectivity index (χ0) is 13.3. The molecule has 1 saturated carbocycles. The highest BCUT2D eigenvalue weighted by atomic mass is 16.3. The summed E-state index contributed by atoms with van der Waals surface area (Å²) in [6, 6.07) is 0. The van der Waals surface area contributed by atoms with E-state index in [9.17, 15) is 5.11 Å². The van der Waals surface area contributed by atoms with Crippen molar-refractivity contribution in [2.45, 2.75) is 44.8 Å². The van der Waals surface area contributed by atoms with E-state index in [0.29, 0.717) is 13.1 Å². The van der Waals surface area contributed by atoms with E-state index >= 15 is 0 Å². The Kier molecular flexibility index (Phi) is 3.64. The maximum atomic E-state index is 10.5. The van der Waals surface area contributed by atoms with Gasteiger partial charge in [-0.05, 0) is 19.8 Å². The monoisotopic (exact) mass is 252 g/mol. The standard InChI is InChI=1S/C13H24N4O/c1-10-11(8-14)12(17(3)15-10)16(2)9-13(18)6-4-5-7-13/h18H,4-9,14H2,1-3H3. The average Bonchev–Trinajstić information content (AvgIpc) is 2.82. The highest BCUT2D eigenvalue weighted by molar-refractivity contribution is 5.49. The summed E-state index contributed by atoms with van der Waals surface area (Å²) in [7, 11) is 3.93. The van der Waals surface area contributed by atoms with Crippen LogP contribution in [0.4, 0.5) is 5.82 Å². The van der Waals surface area contributed by atoms with Crippen molar-refractivity contribution in [3.63, 3.8) is 0 Å². The number of rotatable bonds is 4. The van der Waals surface area contributed by atoms with E-state index < -0.39 is 5.60 Å². The maximum absolute atomic E-state index is 10.5. The minimum atomic E-state index is -0.543. The Bertz CT molecular complexity index is 421. The van der Waals surface area contributed by atoms with Gasteiger partial charge in [-0.3, -0.25) is 4.68 Å². The molecule has 1 aromatic rings. The number of likely N-dealkylation sites (N-methyl/N-ethyl adjacent to an activating group) is 1. The van der Waals surface area contributed by atoms with Crippen LogP contribution in [-0.2, 0) is 13.6 Å². The summed E-state index contributed by atoms with van der Waals surface area (Å²) in [5, 5.41) is 14.9. The zero-order valence-electron chi connectivity index (χ0n) is 11.6. The zero-order valence-corrected chi connectivity index (χ0v) is 11.6. The Morgan fingerprint density at radius 1 is 1.44 bits per heavy atom. The second-order valence-corrected chi connectivity index (χ2v) is 5.50. The van der Waals surface area contributed by atoms with Gasteiger partial charge in [0.2, 0.25) is 0 Å². The third-order valence-electron chi connectivity index (χ3n) is 3.94. The number of hydrogen-bond acceptors (Lipinski definition) is 4. The van der Waals surface area contributed by atoms with Crippen molar-refractivity contribution >= 4 is 5.82 Å². The van der Waals surface area contributed by atoms with Crippen LogP contribution >= 0.6 is 0 Å². The van der Waals surface area contributed by atoms with Gasteiger partial charge in [-0.15, -0.1) is 0 Å². The van der Waals surface area contributed by atoms with Crippen LogP contribution < -0.4 is 10.6 Å². The molecular formula is C13H24N4O. The first-order chi connectivity index (χ1) is 8.47. The van der Waals surface area contributed by atoms with Gasteiger partial charge in [0.05, 0.1) is 11.3 Å². The lowest BCUT2D eigenvalue weighted by molar-refractivity contribution is 0.0556. The molecule has 5 heteroatoms. The van der Waals surface area contributed by atoms with Gasteiger partial charge >= 0.3 is 0 Å². The lowest BCUT2D eigenvalue weighted by atomic mass is 10.0. The third kappa shape index (κ3) is 2.37. The smallest absolute Gasteiger partial charge is 0.131 e. The summed E-state index contributed by atoms with van der Waals surface area (Å²) >= 11 is 0. The fourth-order valence-electron chi connectivity index (χ4n) is 3.11. The third-order valence-corrected chi connectivity index (χ3v) is 3.94. The van der Waals surface area contributed by atoms with E-state index in [1.807, 2.05) is 25.7 Å². The molecule has 3 N–H and O–H groups in total. The van der Waals surface area contributed by atoms with Crippen LogP contribution in [-0.4, -0.2) is 34.1 Å². The number of nitrogens with two attached hydrogens (primary N) is 1. The van der Waals surface area contributed by atoms with Gasteiger partial charge in [0.1, 0.15) is 5.82 Å². The first-order valence-electron chi connectivity index (χ1n) is 6.63. The van der Waals surface area contributed by atoms with Gasteiger partial charge in [0, 0.05) is 32.7 Å². The lowest BCUT2D eigenvalue weighted by Gasteiger charge is -2.30. The number of aromatic nitrogens is 2. The summed E-state index contributed by atoms with van der Waals surface area (Å²) in [6.07, 6.45) is 4.04. The Balaban J connectivity index is 2.20. The van der Waals surface area contributed by atoms with Gasteiger partial charge < -0.3 is 15.7 Å². The molecule has 0 aromatic carbocycles. The number of anilines is 1. The molecule has 0 radical (unpaired) electrons. The molecule has 1 fully saturated rings. The molecular weight excluding hydrogens is 228 g/mol. The van der Waals surface area contributed by atoms with Crippen molar-refractivity contribution in [1.29, 1.82) is 0 Å². The average molecular weight is 252 g/mol. The summed E-state index contributed by atoms with van der Waals surface area (Å²) in [6.45, 7) is 3.11. The summed E-state index contributed by atoms with van der Waals surface area (Å²) in [5.41, 5.74) is 7.30. The van der Waals surface area contributed by atoms with Crippen molar-refractivity contribution in [2.75, 3.05) is 18.5 Å². The van der Waals surface area contributed by atoms with E-state index in [1.54, 1.807) is 0 Å². The van der Waals surface area contributed by atoms with E-state index in [4.69, 9.17) is 5.73 Å². The van der Waals surface area contributed by atoms with Gasteiger partial charge in [-0.2, -0.15) is 5.10 Å². The van der Waals surface area contributed by atoms with E-state index in [2.05, 4.69) is 10.00 Å². The molecule has 1 aliphatic carbocycles. The molecule has 5 nitrogen and oxygen atoms in total. The van der Waals surface area contributed by atoms with Crippen LogP contribution in [0.2, 0.25) is 0 Å². The fraction of sp³-hybridized carbons (Fsp3) is 0.769. The van der Waals surface area contributed by atoms with Crippen molar-refractivity contribution in [1.82, 2.24) is 9.78 Å². The molecule has 1 heterocycles. The van der Waals surface area contributed by atoms with Crippen LogP contribution in [0.25, 0.3) is 0 Å². The summed E-state index contributed by atoms with van der Waals surface area (Å²) in [4.78, 5) is 2.09. The predicted molar refractivity (Wildman–Crippen MR) is 72.5 cm³/mol. The quantitative estimate of drug-likeness (QED) is 0.836. The Morgan fingerprint density at radius 3 is 2.61 bits per heavy atom. The SMILES string of the molecule is Cc1nn(C)c(N(C)CC2(O)CCCC2)c1CN. The van der Waals surface area contributed by atoms with Crippen LogP contribution in [0.1, 0.15) is 36.9 Å². The molecule has 1 aromatic heterocycles. The molecule has 18 heavy (non-hydrogen) atoms. The second kappa shape index (κ2) is 4.90. The molecule has 0 amide bonds. The molecule has 2 rings (SSSR count). The summed E-state index contributed by atoms with van der Waals surface area (Å²) < 4.78 is 1.86. The van der Waals surface area contributed by atoms with E-state index in [0.717, 1.165) is 42.8 Å². The van der Waals surface area contributed by atoms with Crippen molar-refractivity contribution < 1.29 is 5.11 Å². The number of aryl methyl sites for hydroxylation is 2. The first kappa shape index (κ1) is 13.4. The van der Waals surface area contributed by atoms with Crippen LogP contribution in [0.5, 0.6) is 0 Å². The Morgan fingerprint density at radius 2 is 2.06 bits per heavy atom. The minimum Gasteiger partial charge on any atom is -0.388 e. The Labute approximate surface area is 109 Å². The highest BCUT2D eigenvalue weighted by Crippen LogP contribution is 2.32. The van der Waals surface area contributed by atoms with Crippen LogP contribution in [0.15, 0.2) is 0 Å². The largest absolute Gasteiger partial charge is 0.388 e. The lowest BCUT2D eigenvalue weighted by Crippen LogP contribution is -2.40. The second-order valence-electron chi connectivity index (χ2n) is 5.50. The molecule has 0 aliphatic heterocycles. The van der Waals surface area contributed by atoms with E-state index in [1.165, 1.54) is 0 Å². The number of hydrogen-bond donors (Lipinski definition) is 2. The molecule has 1 aliphatic rings. The highest BCUT2D eigenvalue weighted by Gasteiger charge is 2.33. The van der Waals surface area contributed by atoms with Crippen molar-refractivity contribution in [3.8, 4) is 0 Å². The molecule has 0 bridgehead atoms. The molecule has 0 spiro atoms. The van der Waals surface area contributed by atoms with E-state index in [-0.39, 0.29) is 0 Å². The first-order valence-corrected chi connectivity index (χ1v) is 6.63. The van der Waals surface area contributed by atoms with Gasteiger partial charge in [0.25, 0.3) is 0 Å². The molecule has 0 saturated heterocycles. The normalized spacial score (nSPS) is 18.3. The van der Waals surface area contributed by atoms with Gasteiger partial charge in [0.15, 0.2) is 0 Å².